The number of aliphatic hydroxyl groups is 2. The maximum atomic E-state index is 10.2. The van der Waals surface area contributed by atoms with E-state index in [4.69, 9.17) is 9.47 Å². The van der Waals surface area contributed by atoms with Gasteiger partial charge in [0.1, 0.15) is 0 Å². The van der Waals surface area contributed by atoms with Gasteiger partial charge in [-0.25, -0.2) is 0 Å². The lowest BCUT2D eigenvalue weighted by atomic mass is 9.69. The van der Waals surface area contributed by atoms with Gasteiger partial charge in [-0.2, -0.15) is 5.26 Å². The molecule has 2 aromatic rings. The van der Waals surface area contributed by atoms with Gasteiger partial charge in [-0.15, -0.1) is 0 Å². The van der Waals surface area contributed by atoms with E-state index in [1.807, 2.05) is 30.3 Å². The van der Waals surface area contributed by atoms with Crippen LogP contribution < -0.4 is 9.47 Å². The van der Waals surface area contributed by atoms with Crippen LogP contribution >= 0.6 is 0 Å². The number of hydrogen-bond donors (Lipinski definition) is 2. The first-order valence-corrected chi connectivity index (χ1v) is 11.5. The minimum Gasteiger partial charge on any atom is -0.493 e. The summed E-state index contributed by atoms with van der Waals surface area (Å²) < 4.78 is 10.7. The van der Waals surface area contributed by atoms with E-state index < -0.39 is 5.41 Å². The molecule has 2 aromatic carbocycles. The third-order valence-corrected chi connectivity index (χ3v) is 6.59. The van der Waals surface area contributed by atoms with Crippen molar-refractivity contribution in [3.8, 4) is 17.6 Å². The van der Waals surface area contributed by atoms with Crippen molar-refractivity contribution < 1.29 is 19.7 Å². The Labute approximate surface area is 198 Å². The van der Waals surface area contributed by atoms with Crippen LogP contribution in [0.4, 0.5) is 0 Å². The Morgan fingerprint density at radius 2 is 1.67 bits per heavy atom. The number of aliphatic hydroxyl groups excluding tert-OH is 2. The molecule has 6 nitrogen and oxygen atoms in total. The van der Waals surface area contributed by atoms with Gasteiger partial charge in [-0.1, -0.05) is 38.1 Å². The highest BCUT2D eigenvalue weighted by Gasteiger charge is 2.36. The molecule has 0 radical (unpaired) electrons. The molecule has 6 heteroatoms. The predicted octanol–water partition coefficient (Wildman–Crippen LogP) is 4.06. The van der Waals surface area contributed by atoms with Gasteiger partial charge in [0, 0.05) is 6.54 Å². The molecule has 2 N–H and O–H groups in total. The number of likely N-dealkylation sites (N-methyl/N-ethyl adjacent to an activating group) is 1. The van der Waals surface area contributed by atoms with E-state index in [9.17, 15) is 15.5 Å². The van der Waals surface area contributed by atoms with Crippen LogP contribution in [0.2, 0.25) is 0 Å². The number of benzene rings is 2. The molecule has 0 amide bonds. The fourth-order valence-corrected chi connectivity index (χ4v) is 4.32. The number of ether oxygens (including phenoxy) is 2. The van der Waals surface area contributed by atoms with Crippen LogP contribution in [-0.2, 0) is 25.0 Å². The van der Waals surface area contributed by atoms with Crippen molar-refractivity contribution in [1.29, 1.82) is 5.26 Å². The van der Waals surface area contributed by atoms with E-state index in [2.05, 4.69) is 37.9 Å². The number of nitrogens with zero attached hydrogens (tertiary/aromatic N) is 2. The molecular formula is C27H38N2O4. The third kappa shape index (κ3) is 6.48. The highest BCUT2D eigenvalue weighted by Crippen LogP contribution is 2.37. The minimum atomic E-state index is -0.637. The molecule has 0 saturated carbocycles. The molecular weight excluding hydrogens is 416 g/mol. The third-order valence-electron chi connectivity index (χ3n) is 6.59. The zero-order chi connectivity index (χ0) is 24.4. The van der Waals surface area contributed by atoms with Crippen molar-refractivity contribution in [3.05, 3.63) is 58.7 Å². The average molecular weight is 455 g/mol. The largest absolute Gasteiger partial charge is 0.493 e. The van der Waals surface area contributed by atoms with Gasteiger partial charge in [0.05, 0.1) is 38.9 Å². The highest BCUT2D eigenvalue weighted by molar-refractivity contribution is 5.43. The Kier molecular flexibility index (Phi) is 10.2. The summed E-state index contributed by atoms with van der Waals surface area (Å²) in [7, 11) is 5.38. The van der Waals surface area contributed by atoms with Gasteiger partial charge in [0.25, 0.3) is 0 Å². The van der Waals surface area contributed by atoms with Crippen LogP contribution in [0.5, 0.6) is 11.5 Å². The normalized spacial score (nSPS) is 13.1. The number of hydrogen-bond acceptors (Lipinski definition) is 6. The Morgan fingerprint density at radius 3 is 2.24 bits per heavy atom. The molecule has 0 unspecified atom stereocenters. The smallest absolute Gasteiger partial charge is 0.160 e. The van der Waals surface area contributed by atoms with Crippen LogP contribution in [-0.4, -0.2) is 49.5 Å². The Hall–Kier alpha value is -2.59. The fourth-order valence-electron chi connectivity index (χ4n) is 4.32. The van der Waals surface area contributed by atoms with Gasteiger partial charge in [-0.05, 0) is 73.2 Å². The number of nitriles is 1. The fraction of sp³-hybridized carbons (Fsp3) is 0.519. The second kappa shape index (κ2) is 12.6. The molecule has 0 aliphatic rings. The van der Waals surface area contributed by atoms with Crippen molar-refractivity contribution in [2.45, 2.75) is 51.7 Å². The summed E-state index contributed by atoms with van der Waals surface area (Å²) in [6, 6.07) is 14.2. The van der Waals surface area contributed by atoms with Gasteiger partial charge >= 0.3 is 0 Å². The van der Waals surface area contributed by atoms with Crippen molar-refractivity contribution in [2.24, 2.45) is 5.92 Å². The van der Waals surface area contributed by atoms with E-state index in [-0.39, 0.29) is 19.1 Å². The Morgan fingerprint density at radius 1 is 0.970 bits per heavy atom. The van der Waals surface area contributed by atoms with Crippen molar-refractivity contribution in [2.75, 3.05) is 34.4 Å². The number of methoxy groups -OCH3 is 2. The average Bonchev–Trinajstić information content (AvgIpc) is 2.84. The molecule has 1 atom stereocenters. The first kappa shape index (κ1) is 26.7. The highest BCUT2D eigenvalue weighted by atomic mass is 16.5. The molecule has 0 saturated heterocycles. The second-order valence-corrected chi connectivity index (χ2v) is 8.88. The van der Waals surface area contributed by atoms with Crippen molar-refractivity contribution >= 4 is 0 Å². The molecule has 33 heavy (non-hydrogen) atoms. The summed E-state index contributed by atoms with van der Waals surface area (Å²) in [4.78, 5) is 2.28. The summed E-state index contributed by atoms with van der Waals surface area (Å²) in [5.41, 5.74) is 2.85. The zero-order valence-electron chi connectivity index (χ0n) is 20.6. The lowest BCUT2D eigenvalue weighted by Crippen LogP contribution is -2.33. The van der Waals surface area contributed by atoms with Gasteiger partial charge in [0.15, 0.2) is 11.5 Å². The summed E-state index contributed by atoms with van der Waals surface area (Å²) >= 11 is 0. The maximum absolute atomic E-state index is 10.2. The SMILES string of the molecule is COc1ccc(CCN(C)CCC[C@](C#N)(c2ccc(CO)c(CO)c2)C(C)C)cc1OC. The molecule has 180 valence electrons. The summed E-state index contributed by atoms with van der Waals surface area (Å²) in [6.07, 6.45) is 2.50. The number of rotatable bonds is 13. The van der Waals surface area contributed by atoms with Crippen LogP contribution in [0.15, 0.2) is 36.4 Å². The second-order valence-electron chi connectivity index (χ2n) is 8.88. The van der Waals surface area contributed by atoms with Crippen LogP contribution in [0.25, 0.3) is 0 Å². The predicted molar refractivity (Wildman–Crippen MR) is 130 cm³/mol. The standard InChI is InChI=1S/C27H38N2O4/c1-20(2)27(19-28,24-9-8-22(17-30)23(16-24)18-31)12-6-13-29(3)14-11-21-7-10-25(32-4)26(15-21)33-5/h7-10,15-16,20,30-31H,6,11-14,17-18H2,1-5H3/t27-/m1/s1. The quantitative estimate of drug-likeness (QED) is 0.475. The molecule has 0 fully saturated rings. The van der Waals surface area contributed by atoms with Crippen LogP contribution in [0.1, 0.15) is 48.9 Å². The lowest BCUT2D eigenvalue weighted by molar-refractivity contribution is 0.259. The first-order chi connectivity index (χ1) is 15.8. The van der Waals surface area contributed by atoms with Crippen molar-refractivity contribution in [1.82, 2.24) is 4.90 Å². The van der Waals surface area contributed by atoms with Gasteiger partial charge in [0.2, 0.25) is 0 Å². The summed E-state index contributed by atoms with van der Waals surface area (Å²) in [6.45, 7) is 5.65. The van der Waals surface area contributed by atoms with E-state index in [1.165, 1.54) is 5.56 Å². The molecule has 2 rings (SSSR count). The molecule has 0 aromatic heterocycles. The topological polar surface area (TPSA) is 86.0 Å². The van der Waals surface area contributed by atoms with E-state index in [0.717, 1.165) is 49.4 Å². The molecule has 0 aliphatic carbocycles. The first-order valence-electron chi connectivity index (χ1n) is 11.5. The van der Waals surface area contributed by atoms with Crippen LogP contribution in [0.3, 0.4) is 0 Å². The monoisotopic (exact) mass is 454 g/mol. The van der Waals surface area contributed by atoms with Gasteiger partial charge in [-0.3, -0.25) is 0 Å². The minimum absolute atomic E-state index is 0.117. The van der Waals surface area contributed by atoms with Gasteiger partial charge < -0.3 is 24.6 Å². The van der Waals surface area contributed by atoms with Crippen molar-refractivity contribution in [3.63, 3.8) is 0 Å². The molecule has 0 bridgehead atoms. The summed E-state index contributed by atoms with van der Waals surface area (Å²) in [5, 5.41) is 29.4. The Bertz CT molecular complexity index is 938. The van der Waals surface area contributed by atoms with E-state index in [0.29, 0.717) is 11.1 Å². The van der Waals surface area contributed by atoms with E-state index >= 15 is 0 Å². The molecule has 0 aliphatic heterocycles. The maximum Gasteiger partial charge on any atom is 0.160 e. The Balaban J connectivity index is 2.02. The molecule has 0 heterocycles. The zero-order valence-corrected chi connectivity index (χ0v) is 20.6. The van der Waals surface area contributed by atoms with Crippen LogP contribution in [0, 0.1) is 17.2 Å². The lowest BCUT2D eigenvalue weighted by Gasteiger charge is -2.32. The summed E-state index contributed by atoms with van der Waals surface area (Å²) in [5.74, 6) is 1.58. The van der Waals surface area contributed by atoms with E-state index in [1.54, 1.807) is 14.2 Å². The molecule has 0 spiro atoms.